The van der Waals surface area contributed by atoms with Crippen molar-refractivity contribution in [3.8, 4) is 0 Å². The highest BCUT2D eigenvalue weighted by Gasteiger charge is 2.44. The lowest BCUT2D eigenvalue weighted by molar-refractivity contribution is -0.116. The molecule has 2 aliphatic carbocycles. The minimum absolute atomic E-state index is 0.336. The molecule has 2 fully saturated rings. The summed E-state index contributed by atoms with van der Waals surface area (Å²) in [6.07, 6.45) is 9.22. The maximum absolute atomic E-state index is 10.4. The molecule has 2 heteroatoms. The summed E-state index contributed by atoms with van der Waals surface area (Å²) < 4.78 is 0. The van der Waals surface area contributed by atoms with Crippen molar-refractivity contribution in [1.82, 2.24) is 0 Å². The van der Waals surface area contributed by atoms with Gasteiger partial charge in [-0.05, 0) is 43.9 Å². The first-order chi connectivity index (χ1) is 6.18. The maximum atomic E-state index is 10.4. The zero-order valence-electron chi connectivity index (χ0n) is 8.09. The fourth-order valence-corrected chi connectivity index (χ4v) is 2.78. The van der Waals surface area contributed by atoms with Crippen molar-refractivity contribution in [3.05, 3.63) is 0 Å². The number of hydrogen-bond acceptors (Lipinski definition) is 2. The number of carbonyl (C=O) groups excluding carboxylic acids is 1. The van der Waals surface area contributed by atoms with E-state index >= 15 is 0 Å². The van der Waals surface area contributed by atoms with Crippen LogP contribution in [0, 0.1) is 5.41 Å². The molecule has 0 amide bonds. The van der Waals surface area contributed by atoms with Gasteiger partial charge in [-0.1, -0.05) is 6.42 Å². The van der Waals surface area contributed by atoms with Crippen LogP contribution in [0.5, 0.6) is 0 Å². The molecule has 0 saturated heterocycles. The van der Waals surface area contributed by atoms with Crippen molar-refractivity contribution in [1.29, 1.82) is 0 Å². The fraction of sp³-hybridized carbons (Fsp3) is 0.909. The van der Waals surface area contributed by atoms with Crippen molar-refractivity contribution in [3.63, 3.8) is 0 Å². The molecule has 0 aromatic heterocycles. The van der Waals surface area contributed by atoms with Gasteiger partial charge in [0.1, 0.15) is 6.29 Å². The third-order valence-electron chi connectivity index (χ3n) is 4.12. The van der Waals surface area contributed by atoms with Gasteiger partial charge < -0.3 is 9.90 Å². The van der Waals surface area contributed by atoms with E-state index < -0.39 is 5.60 Å². The van der Waals surface area contributed by atoms with E-state index in [0.29, 0.717) is 11.8 Å². The molecule has 2 saturated carbocycles. The van der Waals surface area contributed by atoms with Crippen LogP contribution in [0.25, 0.3) is 0 Å². The van der Waals surface area contributed by atoms with Crippen molar-refractivity contribution >= 4 is 6.29 Å². The van der Waals surface area contributed by atoms with E-state index in [1.807, 2.05) is 0 Å². The molecule has 1 spiro atoms. The lowest BCUT2D eigenvalue weighted by Gasteiger charge is -2.49. The standard InChI is InChI=1S/C11H18O2/c12-9-8-11(13)6-4-10(5-7-11)2-1-3-10/h9,13H,1-8H2. The summed E-state index contributed by atoms with van der Waals surface area (Å²) in [5.74, 6) is 0. The molecule has 2 rings (SSSR count). The summed E-state index contributed by atoms with van der Waals surface area (Å²) in [6.45, 7) is 0. The van der Waals surface area contributed by atoms with Crippen molar-refractivity contribution in [2.75, 3.05) is 0 Å². The van der Waals surface area contributed by atoms with E-state index in [1.165, 1.54) is 19.3 Å². The smallest absolute Gasteiger partial charge is 0.122 e. The van der Waals surface area contributed by atoms with Gasteiger partial charge in [-0.25, -0.2) is 0 Å². The number of carbonyl (C=O) groups is 1. The Hall–Kier alpha value is -0.370. The van der Waals surface area contributed by atoms with Gasteiger partial charge in [0.15, 0.2) is 0 Å². The maximum Gasteiger partial charge on any atom is 0.122 e. The van der Waals surface area contributed by atoms with Crippen LogP contribution < -0.4 is 0 Å². The normalized spacial score (nSPS) is 29.6. The molecule has 0 unspecified atom stereocenters. The van der Waals surface area contributed by atoms with Gasteiger partial charge in [-0.2, -0.15) is 0 Å². The molecule has 2 aliphatic rings. The van der Waals surface area contributed by atoms with Gasteiger partial charge in [-0.3, -0.25) is 0 Å². The highest BCUT2D eigenvalue weighted by atomic mass is 16.3. The van der Waals surface area contributed by atoms with Crippen LogP contribution >= 0.6 is 0 Å². The average Bonchev–Trinajstić information content (AvgIpc) is 2.03. The summed E-state index contributed by atoms with van der Waals surface area (Å²) in [5.41, 5.74) is -0.0717. The van der Waals surface area contributed by atoms with Crippen molar-refractivity contribution < 1.29 is 9.90 Å². The van der Waals surface area contributed by atoms with E-state index in [4.69, 9.17) is 0 Å². The first kappa shape index (κ1) is 9.20. The molecule has 1 N–H and O–H groups in total. The van der Waals surface area contributed by atoms with Crippen LogP contribution in [0.15, 0.2) is 0 Å². The quantitative estimate of drug-likeness (QED) is 0.664. The predicted molar refractivity (Wildman–Crippen MR) is 50.4 cm³/mol. The molecule has 0 radical (unpaired) electrons. The third kappa shape index (κ3) is 1.64. The second-order valence-electron chi connectivity index (χ2n) is 4.95. The number of aliphatic hydroxyl groups is 1. The van der Waals surface area contributed by atoms with E-state index in [-0.39, 0.29) is 0 Å². The largest absolute Gasteiger partial charge is 0.389 e. The van der Waals surface area contributed by atoms with Crippen molar-refractivity contribution in [2.24, 2.45) is 5.41 Å². The second kappa shape index (κ2) is 3.09. The molecule has 0 aromatic rings. The zero-order valence-corrected chi connectivity index (χ0v) is 8.09. The summed E-state index contributed by atoms with van der Waals surface area (Å²) in [6, 6.07) is 0. The Kier molecular flexibility index (Phi) is 2.18. The summed E-state index contributed by atoms with van der Waals surface area (Å²) >= 11 is 0. The third-order valence-corrected chi connectivity index (χ3v) is 4.12. The summed E-state index contributed by atoms with van der Waals surface area (Å²) in [4.78, 5) is 10.4. The highest BCUT2D eigenvalue weighted by molar-refractivity contribution is 5.51. The molecular formula is C11H18O2. The average molecular weight is 182 g/mol. The van der Waals surface area contributed by atoms with E-state index in [9.17, 15) is 9.90 Å². The van der Waals surface area contributed by atoms with Crippen LogP contribution in [0.2, 0.25) is 0 Å². The van der Waals surface area contributed by atoms with Gasteiger partial charge in [0.05, 0.1) is 5.60 Å². The molecule has 74 valence electrons. The van der Waals surface area contributed by atoms with Gasteiger partial charge in [0, 0.05) is 6.42 Å². The molecule has 0 bridgehead atoms. The minimum atomic E-state index is -0.650. The summed E-state index contributed by atoms with van der Waals surface area (Å²) in [5, 5.41) is 9.99. The Balaban J connectivity index is 1.91. The number of rotatable bonds is 2. The monoisotopic (exact) mass is 182 g/mol. The van der Waals surface area contributed by atoms with Gasteiger partial charge in [-0.15, -0.1) is 0 Å². The van der Waals surface area contributed by atoms with Crippen LogP contribution in [0.1, 0.15) is 51.4 Å². The number of aldehydes is 1. The first-order valence-corrected chi connectivity index (χ1v) is 5.34. The van der Waals surface area contributed by atoms with E-state index in [2.05, 4.69) is 0 Å². The Morgan fingerprint density at radius 3 is 2.08 bits per heavy atom. The van der Waals surface area contributed by atoms with Gasteiger partial charge in [0.2, 0.25) is 0 Å². The Morgan fingerprint density at radius 1 is 1.08 bits per heavy atom. The van der Waals surface area contributed by atoms with Crippen molar-refractivity contribution in [2.45, 2.75) is 57.0 Å². The van der Waals surface area contributed by atoms with Crippen LogP contribution in [-0.2, 0) is 4.79 Å². The van der Waals surface area contributed by atoms with Gasteiger partial charge in [0.25, 0.3) is 0 Å². The molecule has 13 heavy (non-hydrogen) atoms. The Labute approximate surface area is 79.3 Å². The van der Waals surface area contributed by atoms with E-state index in [0.717, 1.165) is 32.0 Å². The Bertz CT molecular complexity index is 196. The highest BCUT2D eigenvalue weighted by Crippen LogP contribution is 2.53. The molecule has 2 nitrogen and oxygen atoms in total. The van der Waals surface area contributed by atoms with Crippen LogP contribution in [0.3, 0.4) is 0 Å². The fourth-order valence-electron chi connectivity index (χ4n) is 2.78. The predicted octanol–water partition coefficient (Wildman–Crippen LogP) is 2.05. The lowest BCUT2D eigenvalue weighted by atomic mass is 9.58. The molecule has 0 atom stereocenters. The molecule has 0 aromatic carbocycles. The molecule has 0 heterocycles. The summed E-state index contributed by atoms with van der Waals surface area (Å²) in [7, 11) is 0. The van der Waals surface area contributed by atoms with Gasteiger partial charge >= 0.3 is 0 Å². The first-order valence-electron chi connectivity index (χ1n) is 5.34. The minimum Gasteiger partial charge on any atom is -0.389 e. The molecule has 0 aliphatic heterocycles. The van der Waals surface area contributed by atoms with Crippen LogP contribution in [-0.4, -0.2) is 17.0 Å². The second-order valence-corrected chi connectivity index (χ2v) is 4.95. The number of hydrogen-bond donors (Lipinski definition) is 1. The Morgan fingerprint density at radius 2 is 1.69 bits per heavy atom. The molecular weight excluding hydrogens is 164 g/mol. The lowest BCUT2D eigenvalue weighted by Crippen LogP contribution is -2.42. The van der Waals surface area contributed by atoms with Crippen LogP contribution in [0.4, 0.5) is 0 Å². The SMILES string of the molecule is O=CCC1(O)CCC2(CCC2)CC1. The van der Waals surface area contributed by atoms with E-state index in [1.54, 1.807) is 0 Å². The zero-order chi connectivity index (χ0) is 9.36. The topological polar surface area (TPSA) is 37.3 Å².